The van der Waals surface area contributed by atoms with E-state index in [4.69, 9.17) is 10.8 Å². The molecule has 25 heavy (non-hydrogen) atoms. The van der Waals surface area contributed by atoms with Gasteiger partial charge in [0.1, 0.15) is 0 Å². The Morgan fingerprint density at radius 1 is 1.28 bits per heavy atom. The fourth-order valence-corrected chi connectivity index (χ4v) is 3.71. The number of nitrogen functional groups attached to an aromatic ring is 1. The molecule has 4 rings (SSSR count). The summed E-state index contributed by atoms with van der Waals surface area (Å²) in [5.41, 5.74) is 10.5. The van der Waals surface area contributed by atoms with E-state index in [1.54, 1.807) is 0 Å². The summed E-state index contributed by atoms with van der Waals surface area (Å²) in [4.78, 5) is 15.1. The zero-order valence-corrected chi connectivity index (χ0v) is 15.2. The zero-order valence-electron chi connectivity index (χ0n) is 15.2. The van der Waals surface area contributed by atoms with Crippen LogP contribution < -0.4 is 10.6 Å². The van der Waals surface area contributed by atoms with Crippen molar-refractivity contribution in [2.45, 2.75) is 57.9 Å². The van der Waals surface area contributed by atoms with Crippen LogP contribution in [-0.2, 0) is 12.0 Å². The van der Waals surface area contributed by atoms with Crippen LogP contribution in [0, 0.1) is 0 Å². The number of anilines is 2. The smallest absolute Gasteiger partial charge is 0.278 e. The van der Waals surface area contributed by atoms with Crippen LogP contribution >= 0.6 is 0 Å². The van der Waals surface area contributed by atoms with Gasteiger partial charge in [-0.25, -0.2) is 0 Å². The maximum Gasteiger partial charge on any atom is 0.278 e. The minimum atomic E-state index is -0.124. The van der Waals surface area contributed by atoms with Crippen LogP contribution in [0.25, 0.3) is 0 Å². The van der Waals surface area contributed by atoms with Crippen LogP contribution in [0.3, 0.4) is 0 Å². The van der Waals surface area contributed by atoms with Crippen LogP contribution in [0.1, 0.15) is 67.7 Å². The van der Waals surface area contributed by atoms with Gasteiger partial charge in [0.05, 0.1) is 5.54 Å². The van der Waals surface area contributed by atoms with E-state index in [1.165, 1.54) is 18.5 Å². The third-order valence-corrected chi connectivity index (χ3v) is 5.12. The van der Waals surface area contributed by atoms with E-state index in [0.29, 0.717) is 11.6 Å². The van der Waals surface area contributed by atoms with Gasteiger partial charge in [-0.2, -0.15) is 5.10 Å². The highest BCUT2D eigenvalue weighted by Gasteiger charge is 2.34. The Morgan fingerprint density at radius 2 is 2.04 bits per heavy atom. The van der Waals surface area contributed by atoms with Crippen molar-refractivity contribution >= 4 is 17.3 Å². The summed E-state index contributed by atoms with van der Waals surface area (Å²) in [6.45, 7) is 7.13. The van der Waals surface area contributed by atoms with Crippen LogP contribution in [0.5, 0.6) is 0 Å². The van der Waals surface area contributed by atoms with Gasteiger partial charge in [-0.05, 0) is 70.2 Å². The average molecular weight is 338 g/mol. The fourth-order valence-electron chi connectivity index (χ4n) is 3.71. The van der Waals surface area contributed by atoms with E-state index in [1.807, 2.05) is 33.8 Å². The number of benzene rings is 1. The van der Waals surface area contributed by atoms with Crippen molar-refractivity contribution in [2.24, 2.45) is 0 Å². The molecule has 0 bridgehead atoms. The van der Waals surface area contributed by atoms with E-state index in [9.17, 15) is 4.79 Å². The maximum absolute atomic E-state index is 13.2. The van der Waals surface area contributed by atoms with Crippen LogP contribution in [-0.4, -0.2) is 22.2 Å². The minimum Gasteiger partial charge on any atom is -0.398 e. The molecule has 0 atom stereocenters. The second-order valence-corrected chi connectivity index (χ2v) is 8.22. The molecule has 1 fully saturated rings. The summed E-state index contributed by atoms with van der Waals surface area (Å²) >= 11 is 0. The monoisotopic (exact) mass is 338 g/mol. The van der Waals surface area contributed by atoms with Gasteiger partial charge in [-0.15, -0.1) is 0 Å². The Labute approximate surface area is 148 Å². The first-order valence-electron chi connectivity index (χ1n) is 9.16. The van der Waals surface area contributed by atoms with E-state index >= 15 is 0 Å². The number of nitrogens with zero attached hydrogens (tertiary/aromatic N) is 3. The van der Waals surface area contributed by atoms with Crippen molar-refractivity contribution in [1.82, 2.24) is 9.78 Å². The predicted octanol–water partition coefficient (Wildman–Crippen LogP) is 3.69. The molecule has 2 aliphatic rings. The molecular formula is C20H26N4O. The van der Waals surface area contributed by atoms with Gasteiger partial charge in [0.2, 0.25) is 0 Å². The number of fused-ring (bicyclic) bond motifs is 1. The van der Waals surface area contributed by atoms with Crippen molar-refractivity contribution in [3.8, 4) is 0 Å². The van der Waals surface area contributed by atoms with Crippen LogP contribution in [0.2, 0.25) is 0 Å². The molecule has 132 valence electrons. The summed E-state index contributed by atoms with van der Waals surface area (Å²) in [7, 11) is 0. The molecule has 1 aromatic carbocycles. The molecule has 1 aliphatic heterocycles. The molecule has 0 spiro atoms. The molecule has 0 saturated heterocycles. The number of nitrogens with two attached hydrogens (primary N) is 1. The largest absolute Gasteiger partial charge is 0.398 e. The molecule has 1 saturated carbocycles. The molecular weight excluding hydrogens is 312 g/mol. The number of amides is 1. The normalized spacial score (nSPS) is 17.5. The third-order valence-electron chi connectivity index (χ3n) is 5.12. The van der Waals surface area contributed by atoms with Crippen molar-refractivity contribution in [3.05, 3.63) is 41.2 Å². The summed E-state index contributed by atoms with van der Waals surface area (Å²) in [6, 6.07) is 7.83. The first-order valence-corrected chi connectivity index (χ1v) is 9.16. The van der Waals surface area contributed by atoms with Crippen LogP contribution in [0.15, 0.2) is 24.3 Å². The summed E-state index contributed by atoms with van der Waals surface area (Å²) in [6.07, 6.45) is 4.24. The van der Waals surface area contributed by atoms with Gasteiger partial charge in [-0.1, -0.05) is 6.07 Å². The van der Waals surface area contributed by atoms with Gasteiger partial charge in [0, 0.05) is 29.5 Å². The lowest BCUT2D eigenvalue weighted by atomic mass is 9.99. The topological polar surface area (TPSA) is 64.2 Å². The molecule has 2 heterocycles. The summed E-state index contributed by atoms with van der Waals surface area (Å²) < 4.78 is 2.04. The minimum absolute atomic E-state index is 0.0172. The zero-order chi connectivity index (χ0) is 17.8. The van der Waals surface area contributed by atoms with E-state index < -0.39 is 0 Å². The highest BCUT2D eigenvalue weighted by Crippen LogP contribution is 2.42. The Balaban J connectivity index is 1.72. The van der Waals surface area contributed by atoms with Crippen LogP contribution in [0.4, 0.5) is 11.4 Å². The van der Waals surface area contributed by atoms with Crippen molar-refractivity contribution < 1.29 is 4.79 Å². The Hall–Kier alpha value is -2.30. The highest BCUT2D eigenvalue weighted by molar-refractivity contribution is 6.06. The molecule has 5 heteroatoms. The summed E-state index contributed by atoms with van der Waals surface area (Å²) in [5, 5.41) is 4.71. The molecule has 2 N–H and O–H groups in total. The SMILES string of the molecule is CC(C)(C)n1nc(C(=O)N2CCCc3c(N)cccc32)cc1C1CC1. The highest BCUT2D eigenvalue weighted by atomic mass is 16.2. The first kappa shape index (κ1) is 16.2. The lowest BCUT2D eigenvalue weighted by Gasteiger charge is -2.29. The van der Waals surface area contributed by atoms with Crippen molar-refractivity contribution in [1.29, 1.82) is 0 Å². The van der Waals surface area contributed by atoms with Crippen molar-refractivity contribution in [3.63, 3.8) is 0 Å². The van der Waals surface area contributed by atoms with Gasteiger partial charge in [-0.3, -0.25) is 9.48 Å². The quantitative estimate of drug-likeness (QED) is 0.849. The number of hydrogen-bond acceptors (Lipinski definition) is 3. The molecule has 0 radical (unpaired) electrons. The number of rotatable bonds is 2. The lowest BCUT2D eigenvalue weighted by Crippen LogP contribution is -2.36. The Morgan fingerprint density at radius 3 is 2.72 bits per heavy atom. The number of carbonyl (C=O) groups is 1. The van der Waals surface area contributed by atoms with Gasteiger partial charge < -0.3 is 10.6 Å². The summed E-state index contributed by atoms with van der Waals surface area (Å²) in [5.74, 6) is 0.536. The number of aromatic nitrogens is 2. The Kier molecular flexibility index (Phi) is 3.63. The molecule has 5 nitrogen and oxygen atoms in total. The second-order valence-electron chi connectivity index (χ2n) is 8.22. The van der Waals surface area contributed by atoms with Gasteiger partial charge in [0.15, 0.2) is 5.69 Å². The number of hydrogen-bond donors (Lipinski definition) is 1. The Bertz CT molecular complexity index is 827. The third kappa shape index (κ3) is 2.81. The lowest BCUT2D eigenvalue weighted by molar-refractivity contribution is 0.0979. The molecule has 1 amide bonds. The standard InChI is InChI=1S/C20H26N4O/c1-20(2,3)24-18(13-9-10-13)12-16(22-24)19(25)23-11-5-6-14-15(21)7-4-8-17(14)23/h4,7-8,12-13H,5-6,9-11,21H2,1-3H3. The van der Waals surface area contributed by atoms with E-state index in [2.05, 4.69) is 20.8 Å². The average Bonchev–Trinajstić information content (AvgIpc) is 3.31. The van der Waals surface area contributed by atoms with E-state index in [0.717, 1.165) is 36.3 Å². The second kappa shape index (κ2) is 5.61. The number of carbonyl (C=O) groups excluding carboxylic acids is 1. The maximum atomic E-state index is 13.2. The van der Waals surface area contributed by atoms with Crippen molar-refractivity contribution in [2.75, 3.05) is 17.2 Å². The molecule has 0 unspecified atom stereocenters. The van der Waals surface area contributed by atoms with Gasteiger partial charge >= 0.3 is 0 Å². The molecule has 1 aliphatic carbocycles. The predicted molar refractivity (Wildman–Crippen MR) is 100 cm³/mol. The molecule has 1 aromatic heterocycles. The van der Waals surface area contributed by atoms with E-state index in [-0.39, 0.29) is 11.4 Å². The van der Waals surface area contributed by atoms with Gasteiger partial charge in [0.25, 0.3) is 5.91 Å². The fraction of sp³-hybridized carbons (Fsp3) is 0.500. The molecule has 2 aromatic rings. The first-order chi connectivity index (χ1) is 11.9.